The van der Waals surface area contributed by atoms with E-state index < -0.39 is 5.91 Å². The van der Waals surface area contributed by atoms with E-state index >= 15 is 0 Å². The molecule has 0 aromatic heterocycles. The first-order chi connectivity index (χ1) is 15.8. The number of anilines is 1. The Labute approximate surface area is 201 Å². The number of allylic oxidation sites excluding steroid dienone is 7. The molecule has 0 unspecified atom stereocenters. The molecule has 1 aliphatic rings. The van der Waals surface area contributed by atoms with Gasteiger partial charge < -0.3 is 16.4 Å². The van der Waals surface area contributed by atoms with Crippen molar-refractivity contribution in [1.29, 1.82) is 0 Å². The van der Waals surface area contributed by atoms with Gasteiger partial charge in [0.2, 0.25) is 5.91 Å². The zero-order valence-corrected chi connectivity index (χ0v) is 20.2. The monoisotopic (exact) mass is 466 g/mol. The van der Waals surface area contributed by atoms with E-state index in [2.05, 4.69) is 22.2 Å². The molecule has 0 saturated carbocycles. The van der Waals surface area contributed by atoms with Gasteiger partial charge in [-0.15, -0.1) is 0 Å². The number of rotatable bonds is 8. The van der Waals surface area contributed by atoms with Crippen molar-refractivity contribution >= 4 is 40.5 Å². The Morgan fingerprint density at radius 1 is 1.24 bits per heavy atom. The molecule has 0 bridgehead atoms. The van der Waals surface area contributed by atoms with Crippen LogP contribution in [0.2, 0.25) is 0 Å². The first-order valence-corrected chi connectivity index (χ1v) is 11.0. The molecule has 2 rings (SSSR count). The largest absolute Gasteiger partial charge is 0.378 e. The number of nitrogens with two attached hydrogens (primary N) is 1. The minimum Gasteiger partial charge on any atom is -0.378 e. The normalized spacial score (nSPS) is 14.1. The van der Waals surface area contributed by atoms with Crippen molar-refractivity contribution in [2.75, 3.05) is 11.9 Å². The minimum atomic E-state index is -0.501. The van der Waals surface area contributed by atoms with E-state index in [4.69, 9.17) is 17.3 Å². The zero-order valence-electron chi connectivity index (χ0n) is 19.5. The molecule has 1 heterocycles. The summed E-state index contributed by atoms with van der Waals surface area (Å²) in [5, 5.41) is 6.43. The summed E-state index contributed by atoms with van der Waals surface area (Å²) in [5.74, 6) is -0.764. The molecule has 0 fully saturated rings. The molecule has 0 atom stereocenters. The lowest BCUT2D eigenvalue weighted by Gasteiger charge is -2.18. The van der Waals surface area contributed by atoms with E-state index in [0.717, 1.165) is 17.0 Å². The maximum Gasteiger partial charge on any atom is 0.255 e. The van der Waals surface area contributed by atoms with Crippen molar-refractivity contribution in [3.8, 4) is 0 Å². The van der Waals surface area contributed by atoms with Gasteiger partial charge in [0, 0.05) is 22.4 Å². The molecule has 2 amide bonds. The first-order valence-electron chi connectivity index (χ1n) is 10.6. The molecule has 1 aromatic carbocycles. The van der Waals surface area contributed by atoms with Gasteiger partial charge in [-0.3, -0.25) is 9.59 Å². The van der Waals surface area contributed by atoms with Crippen LogP contribution in [-0.2, 0) is 4.79 Å². The summed E-state index contributed by atoms with van der Waals surface area (Å²) < 4.78 is 0. The lowest BCUT2D eigenvalue weighted by Crippen LogP contribution is -2.20. The maximum absolute atomic E-state index is 12.4. The van der Waals surface area contributed by atoms with Crippen molar-refractivity contribution in [1.82, 2.24) is 5.32 Å². The van der Waals surface area contributed by atoms with Crippen molar-refractivity contribution in [2.24, 2.45) is 10.7 Å². The van der Waals surface area contributed by atoms with Crippen molar-refractivity contribution in [3.05, 3.63) is 95.3 Å². The second-order valence-corrected chi connectivity index (χ2v) is 7.00. The van der Waals surface area contributed by atoms with E-state index in [1.807, 2.05) is 33.8 Å². The predicted octanol–water partition coefficient (Wildman–Crippen LogP) is 5.70. The van der Waals surface area contributed by atoms with E-state index in [1.165, 1.54) is 12.3 Å². The Bertz CT molecular complexity index is 1060. The third-order valence-electron chi connectivity index (χ3n) is 4.32. The number of nitrogens with one attached hydrogen (secondary N) is 2. The lowest BCUT2D eigenvalue weighted by atomic mass is 10.1. The van der Waals surface area contributed by atoms with Crippen LogP contribution in [-0.4, -0.2) is 24.1 Å². The van der Waals surface area contributed by atoms with Gasteiger partial charge in [-0.2, -0.15) is 0 Å². The number of carbonyl (C=O) groups is 2. The van der Waals surface area contributed by atoms with E-state index in [9.17, 15) is 9.59 Å². The zero-order chi connectivity index (χ0) is 24.8. The van der Waals surface area contributed by atoms with Crippen LogP contribution in [0.3, 0.4) is 0 Å². The first kappa shape index (κ1) is 27.4. The summed E-state index contributed by atoms with van der Waals surface area (Å²) in [4.78, 5) is 28.5. The second-order valence-electron chi connectivity index (χ2n) is 6.57. The summed E-state index contributed by atoms with van der Waals surface area (Å²) in [6, 6.07) is 5.11. The summed E-state index contributed by atoms with van der Waals surface area (Å²) in [6.07, 6.45) is 13.3. The topological polar surface area (TPSA) is 96.6 Å². The summed E-state index contributed by atoms with van der Waals surface area (Å²) in [6.45, 7) is 11.8. The molecule has 1 aromatic rings. The number of hydrogen-bond acceptors (Lipinski definition) is 4. The highest BCUT2D eigenvalue weighted by molar-refractivity contribution is 6.31. The van der Waals surface area contributed by atoms with Gasteiger partial charge in [0.05, 0.1) is 23.6 Å². The number of benzene rings is 1. The molecule has 174 valence electrons. The van der Waals surface area contributed by atoms with Crippen LogP contribution in [0.5, 0.6) is 0 Å². The number of fused-ring (bicyclic) bond motifs is 1. The van der Waals surface area contributed by atoms with E-state index in [0.29, 0.717) is 28.4 Å². The molecular formula is C26H31ClN4O2. The molecule has 6 nitrogen and oxygen atoms in total. The van der Waals surface area contributed by atoms with Gasteiger partial charge in [-0.25, -0.2) is 4.99 Å². The van der Waals surface area contributed by atoms with Crippen LogP contribution < -0.4 is 16.4 Å². The fourth-order valence-corrected chi connectivity index (χ4v) is 2.70. The number of aliphatic imine (C=N–C) groups is 1. The van der Waals surface area contributed by atoms with Crippen LogP contribution in [0.4, 0.5) is 11.4 Å². The van der Waals surface area contributed by atoms with Crippen LogP contribution in [0.15, 0.2) is 94.7 Å². The second kappa shape index (κ2) is 14.4. The molecule has 0 radical (unpaired) electrons. The van der Waals surface area contributed by atoms with Gasteiger partial charge in [0.25, 0.3) is 5.91 Å². The van der Waals surface area contributed by atoms with Gasteiger partial charge in [0.1, 0.15) is 0 Å². The summed E-state index contributed by atoms with van der Waals surface area (Å²) in [7, 11) is 0. The third kappa shape index (κ3) is 8.79. The molecule has 33 heavy (non-hydrogen) atoms. The standard InChI is InChI=1S/C24H25ClN4O2.C2H6/c1-4-7-17(24(31)27-13-6-8-19(25)5-2)10-9-16(3)22-15-28-20-12-11-18(23(26)30)14-21(20)29-22;1-2/h4-14,28H,2,15H2,1,3H3,(H2,26,30)(H,27,31);1-2H3/b7-4-,13-6+,16-9+,17-10+,19-8+;. The van der Waals surface area contributed by atoms with Crippen LogP contribution in [0.25, 0.3) is 0 Å². The average Bonchev–Trinajstić information content (AvgIpc) is 2.84. The van der Waals surface area contributed by atoms with Gasteiger partial charge >= 0.3 is 0 Å². The van der Waals surface area contributed by atoms with Gasteiger partial charge in [-0.05, 0) is 55.8 Å². The van der Waals surface area contributed by atoms with E-state index in [1.54, 1.807) is 48.6 Å². The average molecular weight is 467 g/mol. The number of nitrogens with zero attached hydrogens (tertiary/aromatic N) is 1. The molecule has 4 N–H and O–H groups in total. The highest BCUT2D eigenvalue weighted by Crippen LogP contribution is 2.30. The quantitative estimate of drug-likeness (QED) is 0.338. The van der Waals surface area contributed by atoms with Crippen molar-refractivity contribution < 1.29 is 9.59 Å². The number of primary amides is 1. The maximum atomic E-state index is 12.4. The number of carbonyl (C=O) groups excluding carboxylic acids is 2. The predicted molar refractivity (Wildman–Crippen MR) is 140 cm³/mol. The van der Waals surface area contributed by atoms with Gasteiger partial charge in [0.15, 0.2) is 0 Å². The molecule has 1 aliphatic heterocycles. The Hall–Kier alpha value is -3.64. The van der Waals surface area contributed by atoms with Crippen LogP contribution in [0.1, 0.15) is 38.1 Å². The van der Waals surface area contributed by atoms with Gasteiger partial charge in [-0.1, -0.05) is 56.3 Å². The lowest BCUT2D eigenvalue weighted by molar-refractivity contribution is -0.116. The number of amides is 2. The molecule has 0 aliphatic carbocycles. The van der Waals surface area contributed by atoms with Crippen molar-refractivity contribution in [2.45, 2.75) is 27.7 Å². The Morgan fingerprint density at radius 3 is 2.61 bits per heavy atom. The Balaban J connectivity index is 0.00000265. The highest BCUT2D eigenvalue weighted by atomic mass is 35.5. The van der Waals surface area contributed by atoms with E-state index in [-0.39, 0.29) is 5.91 Å². The molecule has 0 spiro atoms. The summed E-state index contributed by atoms with van der Waals surface area (Å²) >= 11 is 5.82. The third-order valence-corrected chi connectivity index (χ3v) is 4.60. The number of hydrogen-bond donors (Lipinski definition) is 3. The Morgan fingerprint density at radius 2 is 1.97 bits per heavy atom. The summed E-state index contributed by atoms with van der Waals surface area (Å²) in [5.41, 5.74) is 9.40. The SMILES string of the molecule is C=C/C(Cl)=C\C=C\NC(=O)C(/C=C\C)=C/C=C(\C)C1=Nc2cc(C(N)=O)ccc2NC1.CC. The van der Waals surface area contributed by atoms with Crippen LogP contribution >= 0.6 is 11.6 Å². The highest BCUT2D eigenvalue weighted by Gasteiger charge is 2.14. The van der Waals surface area contributed by atoms with Crippen LogP contribution in [0, 0.1) is 0 Å². The molecular weight excluding hydrogens is 436 g/mol. The molecule has 7 heteroatoms. The number of halogens is 1. The fraction of sp³-hybridized carbons (Fsp3) is 0.192. The van der Waals surface area contributed by atoms with Crippen molar-refractivity contribution in [3.63, 3.8) is 0 Å². The minimum absolute atomic E-state index is 0.262. The Kier molecular flexibility index (Phi) is 12.0. The fourth-order valence-electron chi connectivity index (χ4n) is 2.63. The smallest absolute Gasteiger partial charge is 0.255 e. The molecule has 0 saturated heterocycles.